The van der Waals surface area contributed by atoms with E-state index in [4.69, 9.17) is 14.7 Å². The maximum absolute atomic E-state index is 9.14. The van der Waals surface area contributed by atoms with Crippen LogP contribution in [-0.4, -0.2) is 37.4 Å². The van der Waals surface area contributed by atoms with Crippen LogP contribution in [0, 0.1) is 0 Å². The molecule has 7 aromatic carbocycles. The molecule has 0 spiro atoms. The summed E-state index contributed by atoms with van der Waals surface area (Å²) in [5, 5.41) is 24.6. The van der Waals surface area contributed by atoms with E-state index in [0.29, 0.717) is 5.75 Å². The Kier molecular flexibility index (Phi) is 8.74. The van der Waals surface area contributed by atoms with Crippen molar-refractivity contribution in [3.63, 3.8) is 0 Å². The molecule has 0 aliphatic carbocycles. The smallest absolute Gasteiger partial charge is 0.511 e. The summed E-state index contributed by atoms with van der Waals surface area (Å²) in [6, 6.07) is 55.1. The van der Waals surface area contributed by atoms with Crippen molar-refractivity contribution in [1.82, 2.24) is 0 Å². The average molecular weight is 609 g/mol. The van der Waals surface area contributed by atoms with Gasteiger partial charge in [-0.3, -0.25) is 0 Å². The monoisotopic (exact) mass is 608 g/mol. The molecule has 7 aromatic rings. The Bertz CT molecular complexity index is 1940. The molecule has 0 saturated heterocycles. The number of rotatable bonds is 6. The van der Waals surface area contributed by atoms with E-state index in [0.717, 1.165) is 26.9 Å². The summed E-state index contributed by atoms with van der Waals surface area (Å²) in [6.07, 6.45) is 0. The van der Waals surface area contributed by atoms with E-state index in [9.17, 15) is 0 Å². The van der Waals surface area contributed by atoms with Crippen LogP contribution >= 0.6 is 7.26 Å². The van der Waals surface area contributed by atoms with E-state index in [1.54, 1.807) is 6.07 Å². The van der Waals surface area contributed by atoms with Gasteiger partial charge in [0.2, 0.25) is 0 Å². The minimum atomic E-state index is -1.83. The maximum Gasteiger partial charge on any atom is 0.707 e. The summed E-state index contributed by atoms with van der Waals surface area (Å²) in [5.41, 5.74) is 4.20. The molecule has 0 aliphatic rings. The molecule has 0 unspecified atom stereocenters. The predicted octanol–water partition coefficient (Wildman–Crippen LogP) is 9.11. The SMILES string of the molecule is C[PH](C)(C)C(c1ccccc1)(c1ccccc1)c1ccccc1.OB(O)Oc1cccc2ccc3cc4ccccc4cc3c12. The molecule has 224 valence electrons. The third kappa shape index (κ3) is 5.98. The molecule has 7 rings (SSSR count). The third-order valence-corrected chi connectivity index (χ3v) is 11.8. The second-order valence-corrected chi connectivity index (χ2v) is 17.6. The number of hydrogen-bond acceptors (Lipinski definition) is 3. The molecule has 0 atom stereocenters. The van der Waals surface area contributed by atoms with Gasteiger partial charge in [-0.25, -0.2) is 0 Å². The molecule has 0 aromatic heterocycles. The van der Waals surface area contributed by atoms with Gasteiger partial charge in [-0.1, -0.05) is 48.5 Å². The second kappa shape index (κ2) is 12.9. The van der Waals surface area contributed by atoms with Gasteiger partial charge in [0, 0.05) is 5.39 Å². The van der Waals surface area contributed by atoms with Crippen molar-refractivity contribution in [2.75, 3.05) is 20.0 Å². The molecular formula is C40H38BO3P. The quantitative estimate of drug-likeness (QED) is 0.0651. The molecule has 0 bridgehead atoms. The number of benzene rings is 7. The Morgan fingerprint density at radius 2 is 0.933 bits per heavy atom. The fraction of sp³-hybridized carbons (Fsp3) is 0.100. The Morgan fingerprint density at radius 1 is 0.489 bits per heavy atom. The summed E-state index contributed by atoms with van der Waals surface area (Å²) < 4.78 is 5.16. The molecule has 0 saturated carbocycles. The zero-order chi connectivity index (χ0) is 31.4. The van der Waals surface area contributed by atoms with Crippen LogP contribution in [0.5, 0.6) is 5.75 Å². The van der Waals surface area contributed by atoms with Crippen LogP contribution in [0.3, 0.4) is 0 Å². The van der Waals surface area contributed by atoms with E-state index in [2.05, 4.69) is 141 Å². The molecule has 0 aliphatic heterocycles. The van der Waals surface area contributed by atoms with Gasteiger partial charge < -0.3 is 14.7 Å². The molecule has 0 heterocycles. The first-order valence-electron chi connectivity index (χ1n) is 15.3. The van der Waals surface area contributed by atoms with Crippen molar-refractivity contribution in [2.24, 2.45) is 0 Å². The van der Waals surface area contributed by atoms with Gasteiger partial charge >= 0.3 is 147 Å². The minimum Gasteiger partial charge on any atom is -0.511 e. The van der Waals surface area contributed by atoms with Crippen LogP contribution in [0.25, 0.3) is 32.3 Å². The molecule has 3 nitrogen and oxygen atoms in total. The Labute approximate surface area is 266 Å². The number of hydrogen-bond donors (Lipinski definition) is 2. The zero-order valence-electron chi connectivity index (χ0n) is 25.9. The van der Waals surface area contributed by atoms with Crippen molar-refractivity contribution in [3.05, 3.63) is 174 Å². The third-order valence-electron chi connectivity index (χ3n) is 8.67. The largest absolute Gasteiger partial charge is 0.707 e. The molecule has 0 radical (unpaired) electrons. The number of fused-ring (bicyclic) bond motifs is 4. The van der Waals surface area contributed by atoms with Crippen LogP contribution in [0.1, 0.15) is 16.7 Å². The molecule has 0 amide bonds. The summed E-state index contributed by atoms with van der Waals surface area (Å²) in [4.78, 5) is 0. The van der Waals surface area contributed by atoms with Gasteiger partial charge in [-0.15, -0.1) is 0 Å². The normalized spacial score (nSPS) is 12.0. The van der Waals surface area contributed by atoms with Gasteiger partial charge in [-0.05, 0) is 45.1 Å². The second-order valence-electron chi connectivity index (χ2n) is 12.4. The standard InChI is InChI=1S/C22H25P.C18H13BO3/c1-23(2,3)22(19-13-7-4-8-14-19,20-15-9-5-10-16-20)21-17-11-6-12-18-21;20-19(21)22-17-7-3-6-12-8-9-15-10-13-4-1-2-5-14(13)11-16(15)18(12)17/h4-18,23H,1-3H3;1-11,20-21H. The average Bonchev–Trinajstić information content (AvgIpc) is 3.05. The summed E-state index contributed by atoms with van der Waals surface area (Å²) in [6.45, 7) is 7.42. The molecule has 45 heavy (non-hydrogen) atoms. The van der Waals surface area contributed by atoms with Crippen molar-refractivity contribution in [1.29, 1.82) is 0 Å². The van der Waals surface area contributed by atoms with Crippen molar-refractivity contribution >= 4 is 46.9 Å². The first kappa shape index (κ1) is 30.6. The Balaban J connectivity index is 0.000000159. The Hall–Kier alpha value is -4.47. The van der Waals surface area contributed by atoms with Crippen LogP contribution in [0.2, 0.25) is 0 Å². The van der Waals surface area contributed by atoms with Crippen molar-refractivity contribution in [2.45, 2.75) is 5.16 Å². The van der Waals surface area contributed by atoms with Crippen molar-refractivity contribution in [3.8, 4) is 5.75 Å². The van der Waals surface area contributed by atoms with E-state index in [1.807, 2.05) is 30.3 Å². The Morgan fingerprint density at radius 3 is 1.42 bits per heavy atom. The van der Waals surface area contributed by atoms with Crippen LogP contribution in [0.15, 0.2) is 158 Å². The van der Waals surface area contributed by atoms with Crippen LogP contribution in [0.4, 0.5) is 0 Å². The van der Waals surface area contributed by atoms with Crippen LogP contribution in [-0.2, 0) is 5.16 Å². The van der Waals surface area contributed by atoms with E-state index in [1.165, 1.54) is 22.1 Å². The summed E-state index contributed by atoms with van der Waals surface area (Å²) in [5.74, 6) is 0.466. The first-order chi connectivity index (χ1) is 21.8. The van der Waals surface area contributed by atoms with Gasteiger partial charge in [-0.2, -0.15) is 0 Å². The fourth-order valence-corrected chi connectivity index (χ4v) is 9.94. The minimum absolute atomic E-state index is 0.0449. The molecule has 0 fully saturated rings. The maximum atomic E-state index is 9.14. The molecule has 2 N–H and O–H groups in total. The van der Waals surface area contributed by atoms with E-state index < -0.39 is 14.6 Å². The van der Waals surface area contributed by atoms with Gasteiger partial charge in [0.25, 0.3) is 0 Å². The predicted molar refractivity (Wildman–Crippen MR) is 195 cm³/mol. The summed E-state index contributed by atoms with van der Waals surface area (Å²) >= 11 is 0. The first-order valence-corrected chi connectivity index (χ1v) is 18.8. The zero-order valence-corrected chi connectivity index (χ0v) is 26.9. The summed E-state index contributed by atoms with van der Waals surface area (Å²) in [7, 11) is -3.49. The molecular weight excluding hydrogens is 570 g/mol. The topological polar surface area (TPSA) is 49.7 Å². The fourth-order valence-electron chi connectivity index (χ4n) is 6.84. The van der Waals surface area contributed by atoms with Gasteiger partial charge in [0.05, 0.1) is 0 Å². The van der Waals surface area contributed by atoms with Crippen molar-refractivity contribution < 1.29 is 14.7 Å². The molecule has 5 heteroatoms. The van der Waals surface area contributed by atoms with E-state index >= 15 is 0 Å². The van der Waals surface area contributed by atoms with Crippen LogP contribution < -0.4 is 4.65 Å². The van der Waals surface area contributed by atoms with E-state index in [-0.39, 0.29) is 5.16 Å². The van der Waals surface area contributed by atoms with Gasteiger partial charge in [0.1, 0.15) is 5.75 Å². The van der Waals surface area contributed by atoms with Gasteiger partial charge in [0.15, 0.2) is 0 Å².